The second kappa shape index (κ2) is 14.4. The Morgan fingerprint density at radius 1 is 1.07 bits per heavy atom. The number of allylic oxidation sites excluding steroid dienone is 2. The average molecular weight is 751 g/mol. The molecule has 1 aromatic carbocycles. The number of thiophene rings is 1. The summed E-state index contributed by atoms with van der Waals surface area (Å²) in [5.41, 5.74) is 3.72. The van der Waals surface area contributed by atoms with E-state index in [2.05, 4.69) is 35.9 Å². The van der Waals surface area contributed by atoms with Crippen LogP contribution in [0.15, 0.2) is 52.8 Å². The van der Waals surface area contributed by atoms with Crippen LogP contribution in [0.2, 0.25) is 0 Å². The maximum atomic E-state index is 11.7. The van der Waals surface area contributed by atoms with E-state index in [4.69, 9.17) is 8.53 Å². The number of hydrogen-bond acceptors (Lipinski definition) is 6. The molecule has 0 saturated heterocycles. The topological polar surface area (TPSA) is 76.2 Å². The van der Waals surface area contributed by atoms with E-state index in [1.165, 1.54) is 28.0 Å². The van der Waals surface area contributed by atoms with Gasteiger partial charge in [-0.1, -0.05) is 44.7 Å². The zero-order valence-electron chi connectivity index (χ0n) is 27.4. The number of ketones is 1. The van der Waals surface area contributed by atoms with Crippen LogP contribution in [-0.4, -0.2) is 20.9 Å². The maximum absolute atomic E-state index is 11.7. The Labute approximate surface area is 264 Å². The number of benzene rings is 1. The summed E-state index contributed by atoms with van der Waals surface area (Å²) >= 11 is 1.73. The summed E-state index contributed by atoms with van der Waals surface area (Å²) < 4.78 is 29.9. The fraction of sp³-hybridized carbons (Fsp3) is 0.382. The first-order valence-electron chi connectivity index (χ1n) is 15.5. The van der Waals surface area contributed by atoms with Crippen LogP contribution in [0.4, 0.5) is 0 Å². The van der Waals surface area contributed by atoms with Gasteiger partial charge in [-0.05, 0) is 75.2 Å². The fourth-order valence-electron chi connectivity index (χ4n) is 4.98. The van der Waals surface area contributed by atoms with Gasteiger partial charge in [-0.15, -0.1) is 29.5 Å². The summed E-state index contributed by atoms with van der Waals surface area (Å²) in [4.78, 5) is 21.8. The number of aliphatic hydroxyl groups is 1. The van der Waals surface area contributed by atoms with Crippen molar-refractivity contribution in [3.05, 3.63) is 70.6 Å². The number of furan rings is 1. The van der Waals surface area contributed by atoms with Gasteiger partial charge in [-0.25, -0.2) is 4.98 Å². The minimum absolute atomic E-state index is 0. The van der Waals surface area contributed by atoms with Crippen LogP contribution in [-0.2, 0) is 24.9 Å². The molecule has 5 nitrogen and oxygen atoms in total. The summed E-state index contributed by atoms with van der Waals surface area (Å²) in [7, 11) is 0. The van der Waals surface area contributed by atoms with Gasteiger partial charge >= 0.3 is 0 Å². The van der Waals surface area contributed by atoms with Gasteiger partial charge < -0.3 is 14.5 Å². The molecule has 0 aliphatic rings. The van der Waals surface area contributed by atoms with Gasteiger partial charge in [0.05, 0.1) is 16.0 Å². The first-order chi connectivity index (χ1) is 20.4. The van der Waals surface area contributed by atoms with Gasteiger partial charge in [0.15, 0.2) is 5.78 Å². The number of rotatable bonds is 8. The van der Waals surface area contributed by atoms with Crippen LogP contribution in [0.1, 0.15) is 73.6 Å². The largest absolute Gasteiger partial charge is 0.512 e. The molecule has 5 rings (SSSR count). The third kappa shape index (κ3) is 6.97. The zero-order chi connectivity index (χ0) is 31.5. The van der Waals surface area contributed by atoms with Crippen LogP contribution >= 0.6 is 11.3 Å². The minimum atomic E-state index is -2.27. The molecule has 4 aromatic heterocycles. The molecule has 0 unspecified atom stereocenters. The molecule has 1 radical (unpaired) electrons. The number of aromatic nitrogens is 2. The van der Waals surface area contributed by atoms with Crippen molar-refractivity contribution in [2.45, 2.75) is 74.1 Å². The van der Waals surface area contributed by atoms with Gasteiger partial charge in [0.1, 0.15) is 0 Å². The Hall–Kier alpha value is -2.86. The zero-order valence-corrected chi connectivity index (χ0v) is 27.6. The Bertz CT molecular complexity index is 1780. The van der Waals surface area contributed by atoms with Crippen LogP contribution in [0.5, 0.6) is 0 Å². The summed E-state index contributed by atoms with van der Waals surface area (Å²) in [6.45, 7) is 10.0. The molecule has 0 spiro atoms. The average Bonchev–Trinajstić information content (AvgIpc) is 3.49. The van der Waals surface area contributed by atoms with Crippen molar-refractivity contribution in [1.82, 2.24) is 9.97 Å². The molecule has 41 heavy (non-hydrogen) atoms. The minimum Gasteiger partial charge on any atom is -0.512 e. The number of aliphatic hydroxyl groups excluding tert-OH is 1. The van der Waals surface area contributed by atoms with E-state index in [0.29, 0.717) is 11.3 Å². The Kier molecular flexibility index (Phi) is 9.89. The Morgan fingerprint density at radius 2 is 1.78 bits per heavy atom. The van der Waals surface area contributed by atoms with E-state index in [1.807, 2.05) is 46.0 Å². The van der Waals surface area contributed by atoms with Crippen molar-refractivity contribution >= 4 is 49.3 Å². The Morgan fingerprint density at radius 3 is 2.44 bits per heavy atom. The van der Waals surface area contributed by atoms with E-state index in [9.17, 15) is 9.90 Å². The SMILES string of the molecule is CCC(CC)C(=O)/C=C(\O)C(CC)CC.[2H]C([2H])([2H])c1ccc2c(n1)oc1c(-c3cc4c(C)c(C)sc4cn3)[c-]ccc12.[Ir]. The van der Waals surface area contributed by atoms with Crippen LogP contribution < -0.4 is 0 Å². The van der Waals surface area contributed by atoms with E-state index in [1.54, 1.807) is 17.4 Å². The molecule has 1 N–H and O–H groups in total. The number of nitrogens with zero attached hydrogens (tertiary/aromatic N) is 2. The molecule has 0 saturated carbocycles. The van der Waals surface area contributed by atoms with Crippen LogP contribution in [0.3, 0.4) is 0 Å². The monoisotopic (exact) mass is 751 g/mol. The molecule has 4 heterocycles. The van der Waals surface area contributed by atoms with E-state index in [0.717, 1.165) is 52.4 Å². The molecule has 5 aromatic rings. The number of carbonyl (C=O) groups excluding carboxylic acids is 1. The van der Waals surface area contributed by atoms with E-state index >= 15 is 0 Å². The molecule has 0 aliphatic heterocycles. The second-order valence-electron chi connectivity index (χ2n) is 10.1. The van der Waals surface area contributed by atoms with Crippen molar-refractivity contribution in [3.8, 4) is 11.3 Å². The molecule has 0 fully saturated rings. The third-order valence-electron chi connectivity index (χ3n) is 7.70. The molecular weight excluding hydrogens is 709 g/mol. The summed E-state index contributed by atoms with van der Waals surface area (Å²) in [5.74, 6) is 0.547. The normalized spacial score (nSPS) is 13.2. The van der Waals surface area contributed by atoms with Crippen LogP contribution in [0.25, 0.3) is 43.4 Å². The van der Waals surface area contributed by atoms with Crippen molar-refractivity contribution in [1.29, 1.82) is 0 Å². The standard InChI is InChI=1S/C21H15N2OS.C13H24O2.Ir/c1-11-7-8-15-14-5-4-6-16(20(14)24-21(15)23-11)18-9-17-12(2)13(3)25-19(17)10-22-18;1-5-10(6-2)12(14)9-13(15)11(7-3)8-4;/h4-5,7-10H,1-3H3;9-11,14H,5-8H2,1-4H3;/q-1;;/b;12-9-;/i1D3;;. The van der Waals surface area contributed by atoms with Gasteiger partial charge in [-0.2, -0.15) is 0 Å². The van der Waals surface area contributed by atoms with Crippen molar-refractivity contribution in [2.24, 2.45) is 11.8 Å². The predicted octanol–water partition coefficient (Wildman–Crippen LogP) is 9.85. The van der Waals surface area contributed by atoms with Gasteiger partial charge in [0, 0.05) is 64.3 Å². The number of pyridine rings is 2. The maximum Gasteiger partial charge on any atom is 0.216 e. The molecule has 0 atom stereocenters. The van der Waals surface area contributed by atoms with Gasteiger partial charge in [0.25, 0.3) is 0 Å². The molecule has 219 valence electrons. The Balaban J connectivity index is 0.000000286. The first-order valence-corrected chi connectivity index (χ1v) is 14.8. The number of aryl methyl sites for hydroxylation is 3. The summed E-state index contributed by atoms with van der Waals surface area (Å²) in [5, 5.41) is 12.6. The van der Waals surface area contributed by atoms with Gasteiger partial charge in [-0.3, -0.25) is 4.79 Å². The summed E-state index contributed by atoms with van der Waals surface area (Å²) in [6, 6.07) is 12.3. The fourth-order valence-corrected chi connectivity index (χ4v) is 6.00. The quantitative estimate of drug-likeness (QED) is 0.0971. The second-order valence-corrected chi connectivity index (χ2v) is 11.4. The van der Waals surface area contributed by atoms with Crippen molar-refractivity contribution < 1.29 is 38.5 Å². The molecule has 7 heteroatoms. The van der Waals surface area contributed by atoms with E-state index < -0.39 is 6.85 Å². The van der Waals surface area contributed by atoms with Crippen LogP contribution in [0, 0.1) is 38.6 Å². The molecule has 0 amide bonds. The predicted molar refractivity (Wildman–Crippen MR) is 167 cm³/mol. The molecule has 0 aliphatic carbocycles. The summed E-state index contributed by atoms with van der Waals surface area (Å²) in [6.07, 6.45) is 6.79. The molecule has 0 bridgehead atoms. The first kappa shape index (κ1) is 28.3. The van der Waals surface area contributed by atoms with Crippen molar-refractivity contribution in [2.75, 3.05) is 0 Å². The smallest absolute Gasteiger partial charge is 0.216 e. The van der Waals surface area contributed by atoms with Gasteiger partial charge in [0.2, 0.25) is 5.71 Å². The number of fused-ring (bicyclic) bond motifs is 4. The number of carbonyl (C=O) groups is 1. The number of hydrogen-bond donors (Lipinski definition) is 1. The molecular formula is C34H39IrN2O3S-. The van der Waals surface area contributed by atoms with E-state index in [-0.39, 0.29) is 49.2 Å². The third-order valence-corrected chi connectivity index (χ3v) is 8.86. The van der Waals surface area contributed by atoms with Crippen molar-refractivity contribution in [3.63, 3.8) is 0 Å².